The summed E-state index contributed by atoms with van der Waals surface area (Å²) in [6, 6.07) is 5.29. The minimum atomic E-state index is -0.181. The van der Waals surface area contributed by atoms with Gasteiger partial charge in [0.1, 0.15) is 0 Å². The molecule has 1 amide bonds. The van der Waals surface area contributed by atoms with E-state index in [1.54, 1.807) is 18.2 Å². The first kappa shape index (κ1) is 16.6. The smallest absolute Gasteiger partial charge is 0.254 e. The van der Waals surface area contributed by atoms with Crippen LogP contribution < -0.4 is 5.32 Å². The predicted octanol–water partition coefficient (Wildman–Crippen LogP) is 3.99. The second-order valence-corrected chi connectivity index (χ2v) is 7.32. The number of carbonyl (C=O) groups excluding carboxylic acids is 1. The Bertz CT molecular complexity index is 497. The van der Waals surface area contributed by atoms with E-state index in [0.29, 0.717) is 15.6 Å². The van der Waals surface area contributed by atoms with E-state index in [4.69, 9.17) is 23.2 Å². The lowest BCUT2D eigenvalue weighted by Gasteiger charge is -2.41. The normalized spacial score (nSPS) is 17.8. The molecule has 1 heterocycles. The summed E-state index contributed by atoms with van der Waals surface area (Å²) in [5.74, 6) is -0.181. The summed E-state index contributed by atoms with van der Waals surface area (Å²) >= 11 is 12.1. The lowest BCUT2D eigenvalue weighted by molar-refractivity contribution is 0.0813. The van der Waals surface area contributed by atoms with Crippen molar-refractivity contribution in [3.8, 4) is 0 Å². The fraction of sp³-hybridized carbons (Fsp3) is 0.562. The molecule has 2 rings (SSSR count). The Labute approximate surface area is 136 Å². The Hall–Kier alpha value is -0.770. The first-order valence-corrected chi connectivity index (χ1v) is 8.04. The van der Waals surface area contributed by atoms with Crippen molar-refractivity contribution in [2.45, 2.75) is 45.2 Å². The van der Waals surface area contributed by atoms with Crippen LogP contribution in [0.4, 0.5) is 0 Å². The van der Waals surface area contributed by atoms with E-state index in [0.717, 1.165) is 25.9 Å². The maximum Gasteiger partial charge on any atom is 0.254 e. The third-order valence-electron chi connectivity index (χ3n) is 3.97. The molecule has 0 atom stereocenters. The minimum absolute atomic E-state index is 0.181. The molecule has 1 aromatic rings. The minimum Gasteiger partial charge on any atom is -0.349 e. The van der Waals surface area contributed by atoms with E-state index in [-0.39, 0.29) is 17.5 Å². The summed E-state index contributed by atoms with van der Waals surface area (Å²) in [7, 11) is 0. The second kappa shape index (κ2) is 6.55. The van der Waals surface area contributed by atoms with Crippen molar-refractivity contribution in [1.82, 2.24) is 10.2 Å². The molecule has 1 N–H and O–H groups in total. The molecule has 1 fully saturated rings. The van der Waals surface area contributed by atoms with Crippen LogP contribution in [-0.4, -0.2) is 35.5 Å². The van der Waals surface area contributed by atoms with Crippen LogP contribution in [0.2, 0.25) is 10.0 Å². The van der Waals surface area contributed by atoms with Crippen molar-refractivity contribution in [2.24, 2.45) is 0 Å². The van der Waals surface area contributed by atoms with Crippen molar-refractivity contribution in [3.63, 3.8) is 0 Å². The number of piperidine rings is 1. The molecule has 0 saturated carbocycles. The molecule has 1 aliphatic rings. The molecule has 116 valence electrons. The van der Waals surface area contributed by atoms with Crippen molar-refractivity contribution in [3.05, 3.63) is 33.8 Å². The maximum atomic E-state index is 12.3. The van der Waals surface area contributed by atoms with Crippen LogP contribution in [0.25, 0.3) is 0 Å². The summed E-state index contributed by atoms with van der Waals surface area (Å²) < 4.78 is 0. The summed E-state index contributed by atoms with van der Waals surface area (Å²) in [6.07, 6.45) is 1.90. The fourth-order valence-electron chi connectivity index (χ4n) is 2.67. The number of rotatable bonds is 2. The lowest BCUT2D eigenvalue weighted by atomic mass is 9.98. The monoisotopic (exact) mass is 328 g/mol. The van der Waals surface area contributed by atoms with Crippen LogP contribution in [0, 0.1) is 0 Å². The molecule has 0 spiro atoms. The zero-order chi connectivity index (χ0) is 15.6. The van der Waals surface area contributed by atoms with Gasteiger partial charge in [0, 0.05) is 24.7 Å². The Balaban J connectivity index is 1.96. The first-order chi connectivity index (χ1) is 9.79. The van der Waals surface area contributed by atoms with Crippen molar-refractivity contribution < 1.29 is 4.79 Å². The highest BCUT2D eigenvalue weighted by Crippen LogP contribution is 2.25. The quantitative estimate of drug-likeness (QED) is 0.890. The van der Waals surface area contributed by atoms with Crippen LogP contribution in [0.3, 0.4) is 0 Å². The van der Waals surface area contributed by atoms with Gasteiger partial charge in [0.15, 0.2) is 0 Å². The molecule has 1 saturated heterocycles. The van der Waals surface area contributed by atoms with Crippen LogP contribution in [-0.2, 0) is 0 Å². The average molecular weight is 329 g/mol. The van der Waals surface area contributed by atoms with E-state index in [9.17, 15) is 4.79 Å². The number of benzene rings is 1. The summed E-state index contributed by atoms with van der Waals surface area (Å²) in [4.78, 5) is 14.8. The molecule has 1 aliphatic heterocycles. The van der Waals surface area contributed by atoms with E-state index in [1.165, 1.54) is 0 Å². The van der Waals surface area contributed by atoms with Crippen molar-refractivity contribution in [2.75, 3.05) is 13.1 Å². The highest BCUT2D eigenvalue weighted by molar-refractivity contribution is 6.39. The van der Waals surface area contributed by atoms with Crippen LogP contribution in [0.5, 0.6) is 0 Å². The lowest BCUT2D eigenvalue weighted by Crippen LogP contribution is -2.50. The van der Waals surface area contributed by atoms with Gasteiger partial charge in [0.2, 0.25) is 0 Å². The number of halogens is 2. The Morgan fingerprint density at radius 3 is 2.19 bits per heavy atom. The van der Waals surface area contributed by atoms with Gasteiger partial charge in [-0.05, 0) is 45.7 Å². The topological polar surface area (TPSA) is 32.3 Å². The SMILES string of the molecule is CC(C)(C)N1CCC(NC(=O)c2c(Cl)cccc2Cl)CC1. The van der Waals surface area contributed by atoms with Gasteiger partial charge < -0.3 is 5.32 Å². The fourth-order valence-corrected chi connectivity index (χ4v) is 3.24. The van der Waals surface area contributed by atoms with Gasteiger partial charge in [-0.1, -0.05) is 29.3 Å². The van der Waals surface area contributed by atoms with Crippen molar-refractivity contribution in [1.29, 1.82) is 0 Å². The van der Waals surface area contributed by atoms with Gasteiger partial charge in [-0.2, -0.15) is 0 Å². The molecule has 21 heavy (non-hydrogen) atoms. The summed E-state index contributed by atoms with van der Waals surface area (Å²) in [6.45, 7) is 8.63. The van der Waals surface area contributed by atoms with E-state index >= 15 is 0 Å². The molecular weight excluding hydrogens is 307 g/mol. The number of nitrogens with one attached hydrogen (secondary N) is 1. The molecule has 5 heteroatoms. The zero-order valence-corrected chi connectivity index (χ0v) is 14.3. The van der Waals surface area contributed by atoms with Gasteiger partial charge in [0.25, 0.3) is 5.91 Å². The number of hydrogen-bond acceptors (Lipinski definition) is 2. The molecule has 0 radical (unpaired) electrons. The van der Waals surface area contributed by atoms with Crippen LogP contribution in [0.1, 0.15) is 44.0 Å². The largest absolute Gasteiger partial charge is 0.349 e. The third-order valence-corrected chi connectivity index (χ3v) is 4.60. The van der Waals surface area contributed by atoms with Crippen LogP contribution >= 0.6 is 23.2 Å². The van der Waals surface area contributed by atoms with Crippen LogP contribution in [0.15, 0.2) is 18.2 Å². The Kier molecular flexibility index (Phi) is 5.18. The van der Waals surface area contributed by atoms with E-state index in [1.807, 2.05) is 0 Å². The first-order valence-electron chi connectivity index (χ1n) is 7.29. The molecule has 1 aromatic carbocycles. The maximum absolute atomic E-state index is 12.3. The van der Waals surface area contributed by atoms with Gasteiger partial charge in [0.05, 0.1) is 15.6 Å². The highest BCUT2D eigenvalue weighted by atomic mass is 35.5. The zero-order valence-electron chi connectivity index (χ0n) is 12.7. The second-order valence-electron chi connectivity index (χ2n) is 6.50. The third kappa shape index (κ3) is 4.12. The molecule has 3 nitrogen and oxygen atoms in total. The number of nitrogens with zero attached hydrogens (tertiary/aromatic N) is 1. The summed E-state index contributed by atoms with van der Waals surface area (Å²) in [5.41, 5.74) is 0.556. The summed E-state index contributed by atoms with van der Waals surface area (Å²) in [5, 5.41) is 3.85. The molecular formula is C16H22Cl2N2O. The molecule has 0 aliphatic carbocycles. The Morgan fingerprint density at radius 2 is 1.71 bits per heavy atom. The van der Waals surface area contributed by atoms with Gasteiger partial charge in [-0.15, -0.1) is 0 Å². The number of carbonyl (C=O) groups is 1. The van der Waals surface area contributed by atoms with Gasteiger partial charge in [-0.3, -0.25) is 9.69 Å². The molecule has 0 aromatic heterocycles. The van der Waals surface area contributed by atoms with Gasteiger partial charge in [-0.25, -0.2) is 0 Å². The Morgan fingerprint density at radius 1 is 1.19 bits per heavy atom. The van der Waals surface area contributed by atoms with Crippen molar-refractivity contribution >= 4 is 29.1 Å². The number of amides is 1. The predicted molar refractivity (Wildman–Crippen MR) is 88.3 cm³/mol. The molecule has 0 bridgehead atoms. The standard InChI is InChI=1S/C16H22Cl2N2O/c1-16(2,3)20-9-7-11(8-10-20)19-15(21)14-12(17)5-4-6-13(14)18/h4-6,11H,7-10H2,1-3H3,(H,19,21). The number of likely N-dealkylation sites (tertiary alicyclic amines) is 1. The van der Waals surface area contributed by atoms with E-state index in [2.05, 4.69) is 31.0 Å². The van der Waals surface area contributed by atoms with E-state index < -0.39 is 0 Å². The molecule has 0 unspecified atom stereocenters. The van der Waals surface area contributed by atoms with Gasteiger partial charge >= 0.3 is 0 Å². The average Bonchev–Trinajstić information content (AvgIpc) is 2.38. The highest BCUT2D eigenvalue weighted by Gasteiger charge is 2.28. The number of hydrogen-bond donors (Lipinski definition) is 1.